The quantitative estimate of drug-likeness (QED) is 0.837. The van der Waals surface area contributed by atoms with Crippen molar-refractivity contribution in [1.82, 2.24) is 5.32 Å². The second-order valence-electron chi connectivity index (χ2n) is 5.46. The molecule has 21 heavy (non-hydrogen) atoms. The molecular formula is C16H21NO4. The van der Waals surface area contributed by atoms with E-state index in [1.165, 1.54) is 5.56 Å². The molecule has 0 spiro atoms. The van der Waals surface area contributed by atoms with Crippen molar-refractivity contribution in [2.45, 2.75) is 50.9 Å². The van der Waals surface area contributed by atoms with Crippen LogP contribution >= 0.6 is 0 Å². The largest absolute Gasteiger partial charge is 0.479 e. The van der Waals surface area contributed by atoms with Gasteiger partial charge in [0.25, 0.3) is 0 Å². The lowest BCUT2D eigenvalue weighted by Gasteiger charge is -2.17. The van der Waals surface area contributed by atoms with E-state index in [9.17, 15) is 9.59 Å². The summed E-state index contributed by atoms with van der Waals surface area (Å²) >= 11 is 0. The molecule has 1 unspecified atom stereocenters. The van der Waals surface area contributed by atoms with E-state index in [1.807, 2.05) is 25.1 Å². The summed E-state index contributed by atoms with van der Waals surface area (Å²) in [6.45, 7) is 1.95. The van der Waals surface area contributed by atoms with Gasteiger partial charge >= 0.3 is 5.97 Å². The normalized spacial score (nSPS) is 22.7. The van der Waals surface area contributed by atoms with Crippen LogP contribution in [0, 0.1) is 0 Å². The van der Waals surface area contributed by atoms with Crippen molar-refractivity contribution >= 4 is 11.9 Å². The Balaban J connectivity index is 1.74. The van der Waals surface area contributed by atoms with Gasteiger partial charge in [0.05, 0.1) is 0 Å². The number of rotatable bonds is 6. The van der Waals surface area contributed by atoms with Gasteiger partial charge in [0, 0.05) is 6.04 Å². The van der Waals surface area contributed by atoms with Crippen molar-refractivity contribution in [2.75, 3.05) is 0 Å². The molecule has 0 bridgehead atoms. The Hall–Kier alpha value is -1.88. The second kappa shape index (κ2) is 7.22. The van der Waals surface area contributed by atoms with Crippen molar-refractivity contribution < 1.29 is 19.4 Å². The number of nitrogens with one attached hydrogen (secondary N) is 1. The highest BCUT2D eigenvalue weighted by atomic mass is 16.5. The molecule has 0 radical (unpaired) electrons. The number of hydrogen-bond acceptors (Lipinski definition) is 3. The average Bonchev–Trinajstić information content (AvgIpc) is 2.96. The van der Waals surface area contributed by atoms with Gasteiger partial charge in [-0.3, -0.25) is 4.79 Å². The topological polar surface area (TPSA) is 75.6 Å². The summed E-state index contributed by atoms with van der Waals surface area (Å²) in [5.74, 6) is -1.21. The zero-order valence-electron chi connectivity index (χ0n) is 12.1. The molecule has 0 aromatic heterocycles. The van der Waals surface area contributed by atoms with Gasteiger partial charge in [-0.2, -0.15) is 0 Å². The van der Waals surface area contributed by atoms with Crippen LogP contribution in [0.5, 0.6) is 0 Å². The molecule has 1 fully saturated rings. The Morgan fingerprint density at radius 3 is 2.57 bits per heavy atom. The van der Waals surface area contributed by atoms with Gasteiger partial charge in [-0.25, -0.2) is 4.79 Å². The molecule has 1 heterocycles. The molecule has 1 aliphatic heterocycles. The summed E-state index contributed by atoms with van der Waals surface area (Å²) in [5.41, 5.74) is 1.24. The third-order valence-electron chi connectivity index (χ3n) is 3.68. The van der Waals surface area contributed by atoms with E-state index in [4.69, 9.17) is 9.84 Å². The number of ether oxygens (including phenoxy) is 1. The van der Waals surface area contributed by atoms with Crippen molar-refractivity contribution in [3.63, 3.8) is 0 Å². The maximum Gasteiger partial charge on any atom is 0.332 e. The van der Waals surface area contributed by atoms with E-state index in [1.54, 1.807) is 0 Å². The minimum Gasteiger partial charge on any atom is -0.479 e. The predicted molar refractivity (Wildman–Crippen MR) is 77.9 cm³/mol. The van der Waals surface area contributed by atoms with Crippen molar-refractivity contribution in [2.24, 2.45) is 0 Å². The molecule has 1 saturated heterocycles. The summed E-state index contributed by atoms with van der Waals surface area (Å²) < 4.78 is 5.24. The molecular weight excluding hydrogens is 270 g/mol. The van der Waals surface area contributed by atoms with Crippen LogP contribution in [0.1, 0.15) is 31.7 Å². The van der Waals surface area contributed by atoms with Crippen LogP contribution in [0.3, 0.4) is 0 Å². The standard InChI is InChI=1S/C16H21NO4/c1-11(7-8-12-5-3-2-4-6-12)17-15(18)13-9-10-14(21-13)16(19)20/h2-6,11,13-14H,7-10H2,1H3,(H,17,18)(H,19,20)/t11?,13-,14+/m0/s1. The first kappa shape index (κ1) is 15.5. The van der Waals surface area contributed by atoms with Crippen molar-refractivity contribution in [1.29, 1.82) is 0 Å². The fraction of sp³-hybridized carbons (Fsp3) is 0.500. The third-order valence-corrected chi connectivity index (χ3v) is 3.68. The third kappa shape index (κ3) is 4.56. The Bertz CT molecular complexity index is 488. The smallest absolute Gasteiger partial charge is 0.332 e. The van der Waals surface area contributed by atoms with Crippen LogP contribution in [-0.2, 0) is 20.7 Å². The van der Waals surface area contributed by atoms with Crippen molar-refractivity contribution in [3.8, 4) is 0 Å². The number of benzene rings is 1. The number of carbonyl (C=O) groups excluding carboxylic acids is 1. The number of carboxylic acids is 1. The fourth-order valence-electron chi connectivity index (χ4n) is 2.45. The first-order chi connectivity index (χ1) is 10.1. The molecule has 0 aliphatic carbocycles. The lowest BCUT2D eigenvalue weighted by atomic mass is 10.1. The Kier molecular flexibility index (Phi) is 5.33. The number of hydrogen-bond donors (Lipinski definition) is 2. The summed E-state index contributed by atoms with van der Waals surface area (Å²) in [5, 5.41) is 11.7. The minimum absolute atomic E-state index is 0.0326. The van der Waals surface area contributed by atoms with Gasteiger partial charge in [0.2, 0.25) is 5.91 Å². The molecule has 2 rings (SSSR count). The summed E-state index contributed by atoms with van der Waals surface area (Å²) in [6.07, 6.45) is 1.11. The van der Waals surface area contributed by atoms with Crippen LogP contribution in [-0.4, -0.2) is 35.2 Å². The van der Waals surface area contributed by atoms with E-state index in [-0.39, 0.29) is 11.9 Å². The lowest BCUT2D eigenvalue weighted by molar-refractivity contribution is -0.151. The highest BCUT2D eigenvalue weighted by Gasteiger charge is 2.34. The lowest BCUT2D eigenvalue weighted by Crippen LogP contribution is -2.40. The molecule has 3 atom stereocenters. The molecule has 2 N–H and O–H groups in total. The van der Waals surface area contributed by atoms with E-state index in [2.05, 4.69) is 17.4 Å². The number of carbonyl (C=O) groups is 2. The van der Waals surface area contributed by atoms with E-state index >= 15 is 0 Å². The molecule has 1 aromatic carbocycles. The number of aryl methyl sites for hydroxylation is 1. The van der Waals surface area contributed by atoms with Gasteiger partial charge in [0.15, 0.2) is 6.10 Å². The fourth-order valence-corrected chi connectivity index (χ4v) is 2.45. The van der Waals surface area contributed by atoms with E-state index < -0.39 is 18.2 Å². The Labute approximate surface area is 124 Å². The highest BCUT2D eigenvalue weighted by Crippen LogP contribution is 2.20. The SMILES string of the molecule is CC(CCc1ccccc1)NC(=O)[C@@H]1CC[C@H](C(=O)O)O1. The van der Waals surface area contributed by atoms with Gasteiger partial charge in [-0.15, -0.1) is 0 Å². The number of amides is 1. The minimum atomic E-state index is -0.998. The summed E-state index contributed by atoms with van der Waals surface area (Å²) in [6, 6.07) is 10.1. The molecule has 5 nitrogen and oxygen atoms in total. The van der Waals surface area contributed by atoms with Crippen LogP contribution in [0.15, 0.2) is 30.3 Å². The maximum atomic E-state index is 12.0. The van der Waals surface area contributed by atoms with Gasteiger partial charge in [0.1, 0.15) is 6.10 Å². The summed E-state index contributed by atoms with van der Waals surface area (Å²) in [4.78, 5) is 22.8. The zero-order chi connectivity index (χ0) is 15.2. The average molecular weight is 291 g/mol. The Morgan fingerprint density at radius 1 is 1.29 bits per heavy atom. The number of carboxylic acid groups (broad SMARTS) is 1. The van der Waals surface area contributed by atoms with Crippen LogP contribution in [0.4, 0.5) is 0 Å². The molecule has 1 amide bonds. The van der Waals surface area contributed by atoms with Gasteiger partial charge in [-0.05, 0) is 38.2 Å². The van der Waals surface area contributed by atoms with E-state index in [0.717, 1.165) is 12.8 Å². The molecule has 0 saturated carbocycles. The van der Waals surface area contributed by atoms with Gasteiger partial charge in [-0.1, -0.05) is 30.3 Å². The molecule has 114 valence electrons. The molecule has 5 heteroatoms. The molecule has 1 aliphatic rings. The maximum absolute atomic E-state index is 12.0. The number of aliphatic carboxylic acids is 1. The van der Waals surface area contributed by atoms with Gasteiger partial charge < -0.3 is 15.2 Å². The van der Waals surface area contributed by atoms with Crippen LogP contribution in [0.25, 0.3) is 0 Å². The zero-order valence-corrected chi connectivity index (χ0v) is 12.1. The predicted octanol–water partition coefficient (Wildman–Crippen LogP) is 1.76. The second-order valence-corrected chi connectivity index (χ2v) is 5.46. The Morgan fingerprint density at radius 2 is 1.95 bits per heavy atom. The highest BCUT2D eigenvalue weighted by molar-refractivity contribution is 5.82. The summed E-state index contributed by atoms with van der Waals surface area (Å²) in [7, 11) is 0. The first-order valence-corrected chi connectivity index (χ1v) is 7.29. The first-order valence-electron chi connectivity index (χ1n) is 7.29. The molecule has 1 aromatic rings. The van der Waals surface area contributed by atoms with Crippen LogP contribution in [0.2, 0.25) is 0 Å². The van der Waals surface area contributed by atoms with Crippen LogP contribution < -0.4 is 5.32 Å². The van der Waals surface area contributed by atoms with E-state index in [0.29, 0.717) is 12.8 Å². The monoisotopic (exact) mass is 291 g/mol. The van der Waals surface area contributed by atoms with Crippen molar-refractivity contribution in [3.05, 3.63) is 35.9 Å².